The third-order valence-electron chi connectivity index (χ3n) is 3.73. The molecule has 2 aromatic carbocycles. The first-order valence-electron chi connectivity index (χ1n) is 8.46. The molecule has 1 heterocycles. The second kappa shape index (κ2) is 10.9. The van der Waals surface area contributed by atoms with Gasteiger partial charge in [-0.3, -0.25) is 5.10 Å². The van der Waals surface area contributed by atoms with Gasteiger partial charge in [0.05, 0.1) is 6.54 Å². The fourth-order valence-corrected chi connectivity index (χ4v) is 2.72. The van der Waals surface area contributed by atoms with Crippen LogP contribution in [0.5, 0.6) is 0 Å². The topological polar surface area (TPSA) is 78.0 Å². The maximum Gasteiger partial charge on any atom is 0.191 e. The van der Waals surface area contributed by atoms with Crippen molar-refractivity contribution in [3.63, 3.8) is 0 Å². The lowest BCUT2D eigenvalue weighted by atomic mass is 10.1. The first-order chi connectivity index (χ1) is 12.7. The molecule has 0 aliphatic carbocycles. The Kier molecular flexibility index (Phi) is 8.53. The minimum absolute atomic E-state index is 0. The van der Waals surface area contributed by atoms with Gasteiger partial charge in [-0.1, -0.05) is 41.9 Å². The van der Waals surface area contributed by atoms with Gasteiger partial charge in [-0.05, 0) is 36.2 Å². The van der Waals surface area contributed by atoms with Crippen LogP contribution in [0.2, 0.25) is 5.02 Å². The van der Waals surface area contributed by atoms with E-state index in [0.717, 1.165) is 40.0 Å². The molecule has 6 nitrogen and oxygen atoms in total. The van der Waals surface area contributed by atoms with Gasteiger partial charge in [-0.25, -0.2) is 9.98 Å². The molecule has 0 aliphatic heterocycles. The molecule has 3 aromatic rings. The lowest BCUT2D eigenvalue weighted by Gasteiger charge is -2.12. The summed E-state index contributed by atoms with van der Waals surface area (Å²) in [5, 5.41) is 14.1. The Morgan fingerprint density at radius 1 is 1.11 bits per heavy atom. The molecule has 0 aliphatic rings. The van der Waals surface area contributed by atoms with E-state index in [0.29, 0.717) is 13.1 Å². The average Bonchev–Trinajstić information content (AvgIpc) is 3.19. The molecule has 3 N–H and O–H groups in total. The lowest BCUT2D eigenvalue weighted by molar-refractivity contribution is 0.816. The van der Waals surface area contributed by atoms with Crippen LogP contribution in [0.3, 0.4) is 0 Å². The number of benzene rings is 2. The van der Waals surface area contributed by atoms with E-state index in [1.165, 1.54) is 6.33 Å². The van der Waals surface area contributed by atoms with Crippen molar-refractivity contribution in [2.75, 3.05) is 6.54 Å². The summed E-state index contributed by atoms with van der Waals surface area (Å²) in [4.78, 5) is 8.81. The highest BCUT2D eigenvalue weighted by Crippen LogP contribution is 2.15. The fraction of sp³-hybridized carbons (Fsp3) is 0.211. The van der Waals surface area contributed by atoms with Gasteiger partial charge < -0.3 is 10.6 Å². The summed E-state index contributed by atoms with van der Waals surface area (Å²) >= 11 is 6.03. The zero-order valence-electron chi connectivity index (χ0n) is 14.9. The number of hydrogen-bond donors (Lipinski definition) is 3. The summed E-state index contributed by atoms with van der Waals surface area (Å²) in [6, 6.07) is 15.9. The number of nitrogens with one attached hydrogen (secondary N) is 3. The third-order valence-corrected chi connectivity index (χ3v) is 3.96. The monoisotopic (exact) mass is 496 g/mol. The predicted molar refractivity (Wildman–Crippen MR) is 120 cm³/mol. The smallest absolute Gasteiger partial charge is 0.191 e. The Balaban J connectivity index is 0.00000261. The highest BCUT2D eigenvalue weighted by Gasteiger charge is 2.03. The van der Waals surface area contributed by atoms with Crippen molar-refractivity contribution in [3.8, 4) is 11.4 Å². The number of nitrogens with zero attached hydrogens (tertiary/aromatic N) is 3. The van der Waals surface area contributed by atoms with Crippen LogP contribution < -0.4 is 10.6 Å². The number of aromatic amines is 1. The first-order valence-corrected chi connectivity index (χ1v) is 8.83. The summed E-state index contributed by atoms with van der Waals surface area (Å²) in [6.07, 6.45) is 1.51. The minimum atomic E-state index is 0. The molecular weight excluding hydrogens is 475 g/mol. The van der Waals surface area contributed by atoms with Crippen LogP contribution in [-0.2, 0) is 13.1 Å². The SMILES string of the molecule is CCNC(=NCc1cccc(Cl)c1)NCc1cccc(-c2ncn[nH]2)c1.I. The molecule has 1 aromatic heterocycles. The second-order valence-corrected chi connectivity index (χ2v) is 6.15. The minimum Gasteiger partial charge on any atom is -0.357 e. The number of hydrogen-bond acceptors (Lipinski definition) is 3. The zero-order chi connectivity index (χ0) is 18.2. The van der Waals surface area contributed by atoms with Gasteiger partial charge in [0, 0.05) is 23.7 Å². The molecule has 0 atom stereocenters. The second-order valence-electron chi connectivity index (χ2n) is 5.71. The van der Waals surface area contributed by atoms with Gasteiger partial charge in [-0.15, -0.1) is 24.0 Å². The third kappa shape index (κ3) is 6.51. The van der Waals surface area contributed by atoms with Crippen LogP contribution in [-0.4, -0.2) is 27.7 Å². The molecule has 0 fully saturated rings. The Labute approximate surface area is 180 Å². The summed E-state index contributed by atoms with van der Waals surface area (Å²) in [7, 11) is 0. The molecule has 0 bridgehead atoms. The molecule has 0 saturated heterocycles. The molecule has 3 rings (SSSR count). The molecule has 27 heavy (non-hydrogen) atoms. The van der Waals surface area contributed by atoms with E-state index in [4.69, 9.17) is 11.6 Å². The van der Waals surface area contributed by atoms with Crippen molar-refractivity contribution in [2.45, 2.75) is 20.0 Å². The maximum atomic E-state index is 6.03. The molecular formula is C19H22ClIN6. The van der Waals surface area contributed by atoms with E-state index >= 15 is 0 Å². The molecule has 8 heteroatoms. The highest BCUT2D eigenvalue weighted by molar-refractivity contribution is 14.0. The fourth-order valence-electron chi connectivity index (χ4n) is 2.51. The zero-order valence-corrected chi connectivity index (χ0v) is 18.0. The Hall–Kier alpha value is -2.13. The molecule has 0 spiro atoms. The summed E-state index contributed by atoms with van der Waals surface area (Å²) < 4.78 is 0. The van der Waals surface area contributed by atoms with Crippen molar-refractivity contribution in [1.82, 2.24) is 25.8 Å². The van der Waals surface area contributed by atoms with Crippen LogP contribution in [0.25, 0.3) is 11.4 Å². The Morgan fingerprint density at radius 2 is 1.93 bits per heavy atom. The van der Waals surface area contributed by atoms with Crippen LogP contribution >= 0.6 is 35.6 Å². The van der Waals surface area contributed by atoms with E-state index in [9.17, 15) is 0 Å². The van der Waals surface area contributed by atoms with Gasteiger partial charge in [-0.2, -0.15) is 5.10 Å². The standard InChI is InChI=1S/C19H21ClN6.HI/c1-2-21-19(23-12-15-6-4-8-17(20)10-15)22-11-14-5-3-7-16(9-14)18-24-13-25-26-18;/h3-10,13H,2,11-12H2,1H3,(H2,21,22,23)(H,24,25,26);1H. The van der Waals surface area contributed by atoms with Crippen molar-refractivity contribution in [3.05, 3.63) is 71.0 Å². The van der Waals surface area contributed by atoms with Gasteiger partial charge in [0.1, 0.15) is 6.33 Å². The molecule has 0 saturated carbocycles. The van der Waals surface area contributed by atoms with Crippen LogP contribution in [0.4, 0.5) is 0 Å². The summed E-state index contributed by atoms with van der Waals surface area (Å²) in [5.74, 6) is 1.52. The van der Waals surface area contributed by atoms with Crippen LogP contribution in [0.1, 0.15) is 18.1 Å². The molecule has 142 valence electrons. The van der Waals surface area contributed by atoms with Crippen molar-refractivity contribution < 1.29 is 0 Å². The Bertz CT molecular complexity index is 866. The number of aliphatic imine (C=N–C) groups is 1. The number of guanidine groups is 1. The van der Waals surface area contributed by atoms with Gasteiger partial charge in [0.25, 0.3) is 0 Å². The number of rotatable bonds is 6. The summed E-state index contributed by atoms with van der Waals surface area (Å²) in [5.41, 5.74) is 3.21. The van der Waals surface area contributed by atoms with E-state index in [-0.39, 0.29) is 24.0 Å². The number of aromatic nitrogens is 3. The average molecular weight is 497 g/mol. The summed E-state index contributed by atoms with van der Waals surface area (Å²) in [6.45, 7) is 4.05. The largest absolute Gasteiger partial charge is 0.357 e. The molecule has 0 amide bonds. The van der Waals surface area contributed by atoms with E-state index in [2.05, 4.69) is 42.9 Å². The van der Waals surface area contributed by atoms with Crippen molar-refractivity contribution >= 4 is 41.5 Å². The maximum absolute atomic E-state index is 6.03. The predicted octanol–water partition coefficient (Wildman–Crippen LogP) is 4.00. The van der Waals surface area contributed by atoms with E-state index < -0.39 is 0 Å². The van der Waals surface area contributed by atoms with Crippen molar-refractivity contribution in [2.24, 2.45) is 4.99 Å². The van der Waals surface area contributed by atoms with Gasteiger partial charge >= 0.3 is 0 Å². The van der Waals surface area contributed by atoms with Crippen molar-refractivity contribution in [1.29, 1.82) is 0 Å². The van der Waals surface area contributed by atoms with Gasteiger partial charge in [0.2, 0.25) is 0 Å². The number of halogens is 2. The first kappa shape index (κ1) is 21.2. The van der Waals surface area contributed by atoms with E-state index in [1.54, 1.807) is 0 Å². The van der Waals surface area contributed by atoms with Crippen LogP contribution in [0, 0.1) is 0 Å². The lowest BCUT2D eigenvalue weighted by Crippen LogP contribution is -2.36. The highest BCUT2D eigenvalue weighted by atomic mass is 127. The van der Waals surface area contributed by atoms with Gasteiger partial charge in [0.15, 0.2) is 11.8 Å². The number of H-pyrrole nitrogens is 1. The Morgan fingerprint density at radius 3 is 2.67 bits per heavy atom. The normalized spacial score (nSPS) is 11.0. The quantitative estimate of drug-likeness (QED) is 0.274. The molecule has 0 radical (unpaired) electrons. The van der Waals surface area contributed by atoms with E-state index in [1.807, 2.05) is 43.3 Å². The molecule has 0 unspecified atom stereocenters. The van der Waals surface area contributed by atoms with Crippen LogP contribution in [0.15, 0.2) is 59.9 Å².